The molecule has 2 N–H and O–H groups in total. The van der Waals surface area contributed by atoms with Gasteiger partial charge in [0.2, 0.25) is 0 Å². The molecular weight excluding hydrogens is 374 g/mol. The van der Waals surface area contributed by atoms with Gasteiger partial charge in [-0.05, 0) is 35.8 Å². The van der Waals surface area contributed by atoms with Gasteiger partial charge in [-0.15, -0.1) is 0 Å². The molecule has 3 aromatic carbocycles. The Morgan fingerprint density at radius 3 is 2.07 bits per heavy atom. The van der Waals surface area contributed by atoms with Crippen LogP contribution in [-0.4, -0.2) is 17.4 Å². The maximum atomic E-state index is 6.65. The Labute approximate surface area is 169 Å². The second kappa shape index (κ2) is 8.24. The van der Waals surface area contributed by atoms with Crippen molar-refractivity contribution in [1.29, 1.82) is 0 Å². The molecule has 0 atom stereocenters. The highest BCUT2D eigenvalue weighted by atomic mass is 35.5. The highest BCUT2D eigenvalue weighted by Gasteiger charge is 2.14. The average Bonchev–Trinajstić information content (AvgIpc) is 2.71. The van der Waals surface area contributed by atoms with Gasteiger partial charge in [0.25, 0.3) is 0 Å². The van der Waals surface area contributed by atoms with E-state index in [1.807, 2.05) is 42.6 Å². The van der Waals surface area contributed by atoms with Gasteiger partial charge in [-0.2, -0.15) is 5.10 Å². The highest BCUT2D eigenvalue weighted by molar-refractivity contribution is 7.80. The molecule has 3 aromatic rings. The molecule has 1 saturated carbocycles. The van der Waals surface area contributed by atoms with Crippen LogP contribution < -0.4 is 10.7 Å². The second-order valence-electron chi connectivity index (χ2n) is 7.00. The third-order valence-electron chi connectivity index (χ3n) is 5.21. The number of thiocarbonyl (C=S) groups is 1. The number of hydrogen-bond donors (Lipinski definition) is 2. The molecule has 0 heterocycles. The second-order valence-corrected chi connectivity index (χ2v) is 7.78. The Morgan fingerprint density at radius 2 is 1.48 bits per heavy atom. The molecule has 0 saturated heterocycles. The summed E-state index contributed by atoms with van der Waals surface area (Å²) in [5.41, 5.74) is 4.02. The van der Waals surface area contributed by atoms with Crippen LogP contribution in [0.15, 0.2) is 53.6 Å². The summed E-state index contributed by atoms with van der Waals surface area (Å²) in [5.74, 6) is 0. The number of benzene rings is 3. The Morgan fingerprint density at radius 1 is 0.926 bits per heavy atom. The van der Waals surface area contributed by atoms with Crippen LogP contribution >= 0.6 is 23.8 Å². The highest BCUT2D eigenvalue weighted by Crippen LogP contribution is 2.35. The minimum Gasteiger partial charge on any atom is -0.359 e. The molecule has 5 heteroatoms. The van der Waals surface area contributed by atoms with E-state index >= 15 is 0 Å². The van der Waals surface area contributed by atoms with Gasteiger partial charge in [0.15, 0.2) is 5.11 Å². The maximum Gasteiger partial charge on any atom is 0.187 e. The lowest BCUT2D eigenvalue weighted by molar-refractivity contribution is 0.412. The largest absolute Gasteiger partial charge is 0.359 e. The molecule has 4 rings (SSSR count). The van der Waals surface area contributed by atoms with Crippen LogP contribution in [0, 0.1) is 0 Å². The van der Waals surface area contributed by atoms with Crippen molar-refractivity contribution < 1.29 is 0 Å². The van der Waals surface area contributed by atoms with E-state index in [0.717, 1.165) is 32.1 Å². The van der Waals surface area contributed by atoms with Crippen molar-refractivity contribution >= 4 is 56.7 Å². The standard InChI is InChI=1S/C22H22ClN3S/c23-21-18-12-6-4-10-16(18)20(17-11-5-7-13-19(17)21)14-24-26-22(27)25-15-8-2-1-3-9-15/h4-7,10-15H,1-3,8-9H2,(H2,25,26,27). The van der Waals surface area contributed by atoms with Crippen molar-refractivity contribution in [3.05, 3.63) is 59.1 Å². The van der Waals surface area contributed by atoms with Crippen molar-refractivity contribution in [2.24, 2.45) is 5.10 Å². The van der Waals surface area contributed by atoms with E-state index in [1.54, 1.807) is 0 Å². The Balaban J connectivity index is 1.61. The zero-order valence-electron chi connectivity index (χ0n) is 15.0. The number of rotatable bonds is 3. The fourth-order valence-electron chi connectivity index (χ4n) is 3.87. The third kappa shape index (κ3) is 3.92. The molecule has 1 aliphatic rings. The van der Waals surface area contributed by atoms with E-state index in [1.165, 1.54) is 32.1 Å². The molecule has 1 aliphatic carbocycles. The van der Waals surface area contributed by atoms with E-state index in [9.17, 15) is 0 Å². The molecule has 0 spiro atoms. The van der Waals surface area contributed by atoms with Crippen LogP contribution in [0.1, 0.15) is 37.7 Å². The first-order valence-electron chi connectivity index (χ1n) is 9.42. The van der Waals surface area contributed by atoms with Gasteiger partial charge in [0.1, 0.15) is 0 Å². The van der Waals surface area contributed by atoms with Crippen molar-refractivity contribution in [2.75, 3.05) is 0 Å². The van der Waals surface area contributed by atoms with Gasteiger partial charge in [-0.1, -0.05) is 79.4 Å². The Hall–Kier alpha value is -2.17. The van der Waals surface area contributed by atoms with E-state index in [-0.39, 0.29) is 0 Å². The smallest absolute Gasteiger partial charge is 0.187 e. The molecule has 0 aromatic heterocycles. The van der Waals surface area contributed by atoms with Crippen LogP contribution in [0.3, 0.4) is 0 Å². The van der Waals surface area contributed by atoms with E-state index in [0.29, 0.717) is 11.2 Å². The lowest BCUT2D eigenvalue weighted by Crippen LogP contribution is -2.40. The molecular formula is C22H22ClN3S. The Kier molecular flexibility index (Phi) is 5.55. The lowest BCUT2D eigenvalue weighted by atomic mass is 9.96. The number of hydrazone groups is 1. The summed E-state index contributed by atoms with van der Waals surface area (Å²) in [6, 6.07) is 16.8. The lowest BCUT2D eigenvalue weighted by Gasteiger charge is -2.23. The number of fused-ring (bicyclic) bond motifs is 2. The van der Waals surface area contributed by atoms with E-state index < -0.39 is 0 Å². The summed E-state index contributed by atoms with van der Waals surface area (Å²) in [7, 11) is 0. The van der Waals surface area contributed by atoms with E-state index in [4.69, 9.17) is 23.8 Å². The monoisotopic (exact) mass is 395 g/mol. The topological polar surface area (TPSA) is 36.4 Å². The normalized spacial score (nSPS) is 15.4. The first-order chi connectivity index (χ1) is 13.2. The van der Waals surface area contributed by atoms with Gasteiger partial charge in [-0.3, -0.25) is 5.43 Å². The van der Waals surface area contributed by atoms with Crippen molar-refractivity contribution in [1.82, 2.24) is 10.7 Å². The Bertz CT molecular complexity index is 952. The zero-order valence-corrected chi connectivity index (χ0v) is 16.6. The molecule has 1 fully saturated rings. The number of halogens is 1. The summed E-state index contributed by atoms with van der Waals surface area (Å²) in [6.07, 6.45) is 8.07. The van der Waals surface area contributed by atoms with Gasteiger partial charge in [-0.25, -0.2) is 0 Å². The summed E-state index contributed by atoms with van der Waals surface area (Å²) >= 11 is 12.1. The first kappa shape index (κ1) is 18.2. The minimum atomic E-state index is 0.464. The molecule has 0 unspecified atom stereocenters. The molecule has 0 radical (unpaired) electrons. The minimum absolute atomic E-state index is 0.464. The molecule has 27 heavy (non-hydrogen) atoms. The van der Waals surface area contributed by atoms with Crippen LogP contribution in [0.2, 0.25) is 5.02 Å². The van der Waals surface area contributed by atoms with Gasteiger partial charge in [0.05, 0.1) is 11.2 Å². The quantitative estimate of drug-likeness (QED) is 0.255. The van der Waals surface area contributed by atoms with Crippen LogP contribution in [-0.2, 0) is 0 Å². The van der Waals surface area contributed by atoms with Crippen LogP contribution in [0.25, 0.3) is 21.5 Å². The van der Waals surface area contributed by atoms with Gasteiger partial charge in [0, 0.05) is 22.4 Å². The first-order valence-corrected chi connectivity index (χ1v) is 10.2. The van der Waals surface area contributed by atoms with Gasteiger partial charge >= 0.3 is 0 Å². The van der Waals surface area contributed by atoms with Crippen LogP contribution in [0.4, 0.5) is 0 Å². The van der Waals surface area contributed by atoms with Crippen molar-refractivity contribution in [3.63, 3.8) is 0 Å². The molecule has 3 nitrogen and oxygen atoms in total. The number of nitrogens with one attached hydrogen (secondary N) is 2. The third-order valence-corrected chi connectivity index (χ3v) is 5.82. The summed E-state index contributed by atoms with van der Waals surface area (Å²) < 4.78 is 0. The summed E-state index contributed by atoms with van der Waals surface area (Å²) in [5, 5.41) is 13.4. The van der Waals surface area contributed by atoms with Crippen molar-refractivity contribution in [3.8, 4) is 0 Å². The predicted molar refractivity (Wildman–Crippen MR) is 120 cm³/mol. The SMILES string of the molecule is S=C(NN=Cc1c2ccccc2c(Cl)c2ccccc12)NC1CCCCC1. The molecule has 0 bridgehead atoms. The van der Waals surface area contributed by atoms with Gasteiger partial charge < -0.3 is 5.32 Å². The fraction of sp³-hybridized carbons (Fsp3) is 0.273. The van der Waals surface area contributed by atoms with Crippen LogP contribution in [0.5, 0.6) is 0 Å². The fourth-order valence-corrected chi connectivity index (χ4v) is 4.42. The predicted octanol–water partition coefficient (Wildman–Crippen LogP) is 5.78. The van der Waals surface area contributed by atoms with E-state index in [2.05, 4.69) is 28.0 Å². The summed E-state index contributed by atoms with van der Waals surface area (Å²) in [4.78, 5) is 0. The maximum absolute atomic E-state index is 6.65. The zero-order chi connectivity index (χ0) is 18.6. The van der Waals surface area contributed by atoms with Crippen molar-refractivity contribution in [2.45, 2.75) is 38.1 Å². The summed E-state index contributed by atoms with van der Waals surface area (Å²) in [6.45, 7) is 0. The molecule has 0 amide bonds. The average molecular weight is 396 g/mol. The molecule has 138 valence electrons. The number of nitrogens with zero attached hydrogens (tertiary/aromatic N) is 1. The number of hydrogen-bond acceptors (Lipinski definition) is 2. The molecule has 0 aliphatic heterocycles.